The third kappa shape index (κ3) is 3.28. The van der Waals surface area contributed by atoms with Crippen LogP contribution in [0, 0.1) is 0 Å². The maximum absolute atomic E-state index is 12.1. The molecule has 2 nitrogen and oxygen atoms in total. The van der Waals surface area contributed by atoms with Gasteiger partial charge in [0.25, 0.3) is 0 Å². The fraction of sp³-hybridized carbons (Fsp3) is 0.143. The van der Waals surface area contributed by atoms with E-state index < -0.39 is 22.3 Å². The average Bonchev–Trinajstić information content (AvgIpc) is 2.02. The van der Waals surface area contributed by atoms with E-state index in [2.05, 4.69) is 4.72 Å². The van der Waals surface area contributed by atoms with E-state index in [0.29, 0.717) is 0 Å². The molecule has 1 rings (SSSR count). The maximum Gasteiger partial charge on any atom is 0.416 e. The van der Waals surface area contributed by atoms with Gasteiger partial charge in [0.15, 0.2) is 10.6 Å². The molecule has 0 aliphatic carbocycles. The van der Waals surface area contributed by atoms with Crippen molar-refractivity contribution in [2.45, 2.75) is 6.18 Å². The largest absolute Gasteiger partial charge is 0.575 e. The Hall–Kier alpha value is -0.590. The number of hydrogen-bond donors (Lipinski definition) is 1. The van der Waals surface area contributed by atoms with Crippen molar-refractivity contribution >= 4 is 26.9 Å². The van der Waals surface area contributed by atoms with Gasteiger partial charge in [-0.25, -0.2) is 0 Å². The fourth-order valence-electron chi connectivity index (χ4n) is 0.820. The Kier molecular flexibility index (Phi) is 3.52. The minimum absolute atomic E-state index is 0.270. The zero-order valence-corrected chi connectivity index (χ0v) is 8.21. The summed E-state index contributed by atoms with van der Waals surface area (Å²) >= 11 is 0. The fourth-order valence-corrected chi connectivity index (χ4v) is 1.41. The van der Waals surface area contributed by atoms with Crippen molar-refractivity contribution in [3.8, 4) is 0 Å². The summed E-state index contributed by atoms with van der Waals surface area (Å²) in [5.74, 6) is 0. The van der Waals surface area contributed by atoms with Gasteiger partial charge in [-0.2, -0.15) is 17.9 Å². The van der Waals surface area contributed by atoms with Gasteiger partial charge in [0, 0.05) is 0 Å². The predicted molar refractivity (Wildman–Crippen MR) is 49.1 cm³/mol. The lowest BCUT2D eigenvalue weighted by Gasteiger charge is -2.07. The molecule has 0 spiro atoms. The van der Waals surface area contributed by atoms with E-state index in [1.54, 1.807) is 0 Å². The molecule has 7 heteroatoms. The van der Waals surface area contributed by atoms with Crippen LogP contribution in [0.2, 0.25) is 0 Å². The lowest BCUT2D eigenvalue weighted by atomic mass is 10.2. The Balaban J connectivity index is 2.79. The Morgan fingerprint density at radius 1 is 1.21 bits per heavy atom. The molecule has 0 radical (unpaired) electrons. The van der Waals surface area contributed by atoms with Crippen molar-refractivity contribution in [2.75, 3.05) is 4.72 Å². The summed E-state index contributed by atoms with van der Waals surface area (Å²) in [6.07, 6.45) is -4.36. The van der Waals surface area contributed by atoms with Crippen LogP contribution >= 0.6 is 10.7 Å². The van der Waals surface area contributed by atoms with E-state index in [1.165, 1.54) is 0 Å². The van der Waals surface area contributed by atoms with E-state index >= 15 is 0 Å². The van der Waals surface area contributed by atoms with Gasteiger partial charge in [0.1, 0.15) is 0 Å². The third-order valence-electron chi connectivity index (χ3n) is 1.41. The monoisotopic (exact) mass is 243 g/mol. The number of hydrogen-bond acceptors (Lipinski definition) is 2. The van der Waals surface area contributed by atoms with E-state index in [1.807, 2.05) is 0 Å². The second kappa shape index (κ2) is 4.29. The van der Waals surface area contributed by atoms with Crippen molar-refractivity contribution in [1.82, 2.24) is 0 Å². The van der Waals surface area contributed by atoms with E-state index in [-0.39, 0.29) is 5.69 Å². The molecule has 0 saturated carbocycles. The van der Waals surface area contributed by atoms with Crippen LogP contribution in [0.25, 0.3) is 0 Å². The van der Waals surface area contributed by atoms with Crippen LogP contribution in [0.4, 0.5) is 18.9 Å². The summed E-state index contributed by atoms with van der Waals surface area (Å²) in [4.78, 5) is 0. The summed E-state index contributed by atoms with van der Waals surface area (Å²) in [6.45, 7) is 0. The minimum Gasteiger partial charge on any atom is -0.575 e. The molecule has 1 aromatic rings. The predicted octanol–water partition coefficient (Wildman–Crippen LogP) is 2.93. The molecular formula is C7H5ClF3NOS. The zero-order valence-electron chi connectivity index (χ0n) is 6.64. The third-order valence-corrected chi connectivity index (χ3v) is 2.04. The van der Waals surface area contributed by atoms with Crippen molar-refractivity contribution < 1.29 is 17.7 Å². The summed E-state index contributed by atoms with van der Waals surface area (Å²) in [5.41, 5.74) is -0.491. The quantitative estimate of drug-likeness (QED) is 0.811. The lowest BCUT2D eigenvalue weighted by Crippen LogP contribution is -2.07. The molecule has 1 unspecified atom stereocenters. The van der Waals surface area contributed by atoms with Crippen molar-refractivity contribution in [3.63, 3.8) is 0 Å². The van der Waals surface area contributed by atoms with Gasteiger partial charge in [-0.1, -0.05) is 0 Å². The first-order valence-electron chi connectivity index (χ1n) is 3.41. The molecule has 1 atom stereocenters. The van der Waals surface area contributed by atoms with E-state index in [9.17, 15) is 17.7 Å². The van der Waals surface area contributed by atoms with Gasteiger partial charge < -0.3 is 4.55 Å². The standard InChI is InChI=1S/C7H5ClF3NOS/c8-14(13)12-6-3-1-5(2-4-6)7(9,10)11/h1-4,12H. The second-order valence-electron chi connectivity index (χ2n) is 2.40. The molecule has 78 valence electrons. The number of nitrogens with one attached hydrogen (secondary N) is 1. The number of halogens is 4. The topological polar surface area (TPSA) is 35.1 Å². The summed E-state index contributed by atoms with van der Waals surface area (Å²) in [7, 11) is 3.28. The second-order valence-corrected chi connectivity index (χ2v) is 3.89. The first kappa shape index (κ1) is 11.5. The highest BCUT2D eigenvalue weighted by molar-refractivity contribution is 8.14. The van der Waals surface area contributed by atoms with Gasteiger partial charge in [-0.3, -0.25) is 0 Å². The molecule has 0 amide bonds. The highest BCUT2D eigenvalue weighted by Gasteiger charge is 2.30. The van der Waals surface area contributed by atoms with Gasteiger partial charge in [-0.05, 0) is 24.3 Å². The molecule has 0 aliphatic rings. The van der Waals surface area contributed by atoms with Crippen LogP contribution in [0.1, 0.15) is 5.56 Å². The van der Waals surface area contributed by atoms with Gasteiger partial charge in [0.05, 0.1) is 11.3 Å². The highest BCUT2D eigenvalue weighted by Crippen LogP contribution is 2.29. The molecular weight excluding hydrogens is 239 g/mol. The SMILES string of the molecule is [O-][S+](Cl)Nc1ccc(C(F)(F)F)cc1. The Morgan fingerprint density at radius 2 is 1.71 bits per heavy atom. The number of alkyl halides is 3. The molecule has 14 heavy (non-hydrogen) atoms. The molecule has 1 N–H and O–H groups in total. The van der Waals surface area contributed by atoms with Crippen LogP contribution in [0.15, 0.2) is 24.3 Å². The van der Waals surface area contributed by atoms with E-state index in [4.69, 9.17) is 10.7 Å². The molecule has 0 fully saturated rings. The Labute approximate surface area is 85.9 Å². The van der Waals surface area contributed by atoms with Crippen LogP contribution < -0.4 is 4.72 Å². The smallest absolute Gasteiger partial charge is 0.416 e. The lowest BCUT2D eigenvalue weighted by molar-refractivity contribution is -0.137. The minimum atomic E-state index is -4.36. The normalized spacial score (nSPS) is 13.8. The highest BCUT2D eigenvalue weighted by atomic mass is 35.7. The van der Waals surface area contributed by atoms with Crippen molar-refractivity contribution in [3.05, 3.63) is 29.8 Å². The summed E-state index contributed by atoms with van der Waals surface area (Å²) in [5, 5.41) is 0. The van der Waals surface area contributed by atoms with Crippen LogP contribution in [-0.2, 0) is 16.8 Å². The first-order chi connectivity index (χ1) is 6.39. The van der Waals surface area contributed by atoms with Crippen molar-refractivity contribution in [2.24, 2.45) is 0 Å². The van der Waals surface area contributed by atoms with Crippen molar-refractivity contribution in [1.29, 1.82) is 0 Å². The van der Waals surface area contributed by atoms with E-state index in [0.717, 1.165) is 24.3 Å². The number of anilines is 1. The van der Waals surface area contributed by atoms with Gasteiger partial charge in [-0.15, -0.1) is 0 Å². The molecule has 0 bridgehead atoms. The molecule has 0 saturated heterocycles. The molecule has 1 aromatic carbocycles. The van der Waals surface area contributed by atoms with Crippen LogP contribution in [0.3, 0.4) is 0 Å². The first-order valence-corrected chi connectivity index (χ1v) is 5.39. The van der Waals surface area contributed by atoms with Gasteiger partial charge >= 0.3 is 6.18 Å². The number of benzene rings is 1. The summed E-state index contributed by atoms with van der Waals surface area (Å²) in [6, 6.07) is 4.07. The summed E-state index contributed by atoms with van der Waals surface area (Å²) < 4.78 is 48.9. The number of rotatable bonds is 2. The Bertz CT molecular complexity index is 301. The van der Waals surface area contributed by atoms with Crippen LogP contribution in [0.5, 0.6) is 0 Å². The Morgan fingerprint density at radius 3 is 2.07 bits per heavy atom. The maximum atomic E-state index is 12.1. The molecule has 0 aliphatic heterocycles. The molecule has 0 aromatic heterocycles. The zero-order chi connectivity index (χ0) is 10.8. The van der Waals surface area contributed by atoms with Crippen LogP contribution in [-0.4, -0.2) is 4.55 Å². The molecule has 0 heterocycles. The van der Waals surface area contributed by atoms with Gasteiger partial charge in [0.2, 0.25) is 10.7 Å². The average molecular weight is 244 g/mol.